The van der Waals surface area contributed by atoms with Gasteiger partial charge in [-0.3, -0.25) is 0 Å². The van der Waals surface area contributed by atoms with Crippen molar-refractivity contribution in [3.05, 3.63) is 23.9 Å². The molecule has 1 unspecified atom stereocenters. The minimum atomic E-state index is -3.52. The van der Waals surface area contributed by atoms with Crippen LogP contribution in [-0.4, -0.2) is 38.0 Å². The SMILES string of the molecule is CCCNCc1ccc(S(=O)(=O)NC(C)CSC)nc1. The summed E-state index contributed by atoms with van der Waals surface area (Å²) in [6, 6.07) is 3.24. The average molecular weight is 317 g/mol. The molecule has 1 aromatic rings. The second kappa shape index (κ2) is 8.61. The lowest BCUT2D eigenvalue weighted by atomic mass is 10.3. The zero-order valence-corrected chi connectivity index (χ0v) is 13.9. The lowest BCUT2D eigenvalue weighted by Gasteiger charge is -2.12. The van der Waals surface area contributed by atoms with Crippen LogP contribution in [0.3, 0.4) is 0 Å². The van der Waals surface area contributed by atoms with Gasteiger partial charge >= 0.3 is 0 Å². The first-order valence-corrected chi connectivity index (χ1v) is 9.54. The summed E-state index contributed by atoms with van der Waals surface area (Å²) < 4.78 is 26.8. The molecule has 0 saturated carbocycles. The highest BCUT2D eigenvalue weighted by Gasteiger charge is 2.18. The molecule has 0 saturated heterocycles. The molecule has 0 aliphatic rings. The fraction of sp³-hybridized carbons (Fsp3) is 0.615. The summed E-state index contributed by atoms with van der Waals surface area (Å²) in [6.45, 7) is 5.59. The first-order valence-electron chi connectivity index (χ1n) is 6.66. The average Bonchev–Trinajstić information content (AvgIpc) is 2.39. The summed E-state index contributed by atoms with van der Waals surface area (Å²) in [6.07, 6.45) is 4.62. The van der Waals surface area contributed by atoms with E-state index in [-0.39, 0.29) is 11.1 Å². The predicted molar refractivity (Wildman–Crippen MR) is 84.4 cm³/mol. The Bertz CT molecular complexity index is 489. The van der Waals surface area contributed by atoms with Crippen LogP contribution in [-0.2, 0) is 16.6 Å². The molecular weight excluding hydrogens is 294 g/mol. The highest BCUT2D eigenvalue weighted by Crippen LogP contribution is 2.08. The molecule has 0 aromatic carbocycles. The predicted octanol–water partition coefficient (Wildman–Crippen LogP) is 1.61. The van der Waals surface area contributed by atoms with E-state index in [4.69, 9.17) is 0 Å². The third-order valence-corrected chi connectivity index (χ3v) is 4.94. The second-order valence-electron chi connectivity index (χ2n) is 4.66. The van der Waals surface area contributed by atoms with Crippen molar-refractivity contribution < 1.29 is 8.42 Å². The number of thioether (sulfide) groups is 1. The van der Waals surface area contributed by atoms with E-state index in [9.17, 15) is 8.42 Å². The number of aromatic nitrogens is 1. The molecular formula is C13H23N3O2S2. The molecule has 0 aliphatic heterocycles. The maximum Gasteiger partial charge on any atom is 0.258 e. The van der Waals surface area contributed by atoms with E-state index in [1.807, 2.05) is 13.2 Å². The van der Waals surface area contributed by atoms with Gasteiger partial charge in [-0.15, -0.1) is 0 Å². The molecule has 1 heterocycles. The van der Waals surface area contributed by atoms with Crippen LogP contribution in [0.5, 0.6) is 0 Å². The summed E-state index contributed by atoms with van der Waals surface area (Å²) in [5, 5.41) is 3.32. The molecule has 0 radical (unpaired) electrons. The number of nitrogens with zero attached hydrogens (tertiary/aromatic N) is 1. The molecule has 1 atom stereocenters. The molecule has 0 spiro atoms. The van der Waals surface area contributed by atoms with Crippen molar-refractivity contribution in [2.75, 3.05) is 18.6 Å². The molecule has 0 fully saturated rings. The van der Waals surface area contributed by atoms with E-state index in [2.05, 4.69) is 21.9 Å². The molecule has 5 nitrogen and oxygen atoms in total. The molecule has 0 aliphatic carbocycles. The highest BCUT2D eigenvalue weighted by atomic mass is 32.2. The summed E-state index contributed by atoms with van der Waals surface area (Å²) in [4.78, 5) is 4.05. The minimum Gasteiger partial charge on any atom is -0.313 e. The lowest BCUT2D eigenvalue weighted by molar-refractivity contribution is 0.567. The van der Waals surface area contributed by atoms with Crippen LogP contribution in [0.25, 0.3) is 0 Å². The van der Waals surface area contributed by atoms with Crippen molar-refractivity contribution in [2.24, 2.45) is 0 Å². The topological polar surface area (TPSA) is 71.1 Å². The van der Waals surface area contributed by atoms with Crippen LogP contribution < -0.4 is 10.0 Å². The van der Waals surface area contributed by atoms with Gasteiger partial charge in [-0.1, -0.05) is 13.0 Å². The van der Waals surface area contributed by atoms with Crippen molar-refractivity contribution in [1.29, 1.82) is 0 Å². The Balaban J connectivity index is 2.66. The zero-order valence-electron chi connectivity index (χ0n) is 12.2. The number of sulfonamides is 1. The maximum absolute atomic E-state index is 12.1. The summed E-state index contributed by atoms with van der Waals surface area (Å²) >= 11 is 1.60. The van der Waals surface area contributed by atoms with Gasteiger partial charge in [0.25, 0.3) is 10.0 Å². The Kier molecular flexibility index (Phi) is 7.50. The van der Waals surface area contributed by atoms with Gasteiger partial charge in [-0.05, 0) is 37.8 Å². The van der Waals surface area contributed by atoms with Crippen molar-refractivity contribution in [3.63, 3.8) is 0 Å². The zero-order chi connectivity index (χ0) is 15.0. The highest BCUT2D eigenvalue weighted by molar-refractivity contribution is 7.98. The third-order valence-electron chi connectivity index (χ3n) is 2.60. The van der Waals surface area contributed by atoms with Crippen molar-refractivity contribution in [1.82, 2.24) is 15.0 Å². The van der Waals surface area contributed by atoms with Crippen LogP contribution in [0.2, 0.25) is 0 Å². The van der Waals surface area contributed by atoms with Gasteiger partial charge in [0, 0.05) is 24.5 Å². The van der Waals surface area contributed by atoms with E-state index in [0.29, 0.717) is 6.54 Å². The molecule has 7 heteroatoms. The monoisotopic (exact) mass is 317 g/mol. The van der Waals surface area contributed by atoms with Gasteiger partial charge in [-0.25, -0.2) is 18.1 Å². The lowest BCUT2D eigenvalue weighted by Crippen LogP contribution is -2.34. The number of nitrogens with one attached hydrogen (secondary N) is 2. The largest absolute Gasteiger partial charge is 0.313 e. The Morgan fingerprint density at radius 1 is 1.40 bits per heavy atom. The van der Waals surface area contributed by atoms with E-state index in [1.165, 1.54) is 0 Å². The van der Waals surface area contributed by atoms with E-state index >= 15 is 0 Å². The number of hydrogen-bond acceptors (Lipinski definition) is 5. The Morgan fingerprint density at radius 2 is 2.15 bits per heavy atom. The first-order chi connectivity index (χ1) is 9.49. The van der Waals surface area contributed by atoms with Crippen LogP contribution in [0.4, 0.5) is 0 Å². The Morgan fingerprint density at radius 3 is 2.70 bits per heavy atom. The molecule has 114 valence electrons. The number of rotatable bonds is 9. The van der Waals surface area contributed by atoms with Crippen LogP contribution in [0, 0.1) is 0 Å². The fourth-order valence-corrected chi connectivity index (χ4v) is 3.55. The van der Waals surface area contributed by atoms with Crippen molar-refractivity contribution in [2.45, 2.75) is 37.9 Å². The number of pyridine rings is 1. The van der Waals surface area contributed by atoms with Gasteiger partial charge in [0.15, 0.2) is 5.03 Å². The summed E-state index contributed by atoms with van der Waals surface area (Å²) in [5.41, 5.74) is 0.981. The van der Waals surface area contributed by atoms with E-state index < -0.39 is 10.0 Å². The first kappa shape index (κ1) is 17.4. The van der Waals surface area contributed by atoms with Gasteiger partial charge in [0.2, 0.25) is 0 Å². The molecule has 1 aromatic heterocycles. The quantitative estimate of drug-likeness (QED) is 0.677. The normalized spacial score (nSPS) is 13.3. The minimum absolute atomic E-state index is 0.0738. The van der Waals surface area contributed by atoms with Gasteiger partial charge in [-0.2, -0.15) is 11.8 Å². The fourth-order valence-electron chi connectivity index (χ4n) is 1.69. The molecule has 0 bridgehead atoms. The van der Waals surface area contributed by atoms with E-state index in [0.717, 1.165) is 24.3 Å². The van der Waals surface area contributed by atoms with Gasteiger partial charge in [0.1, 0.15) is 0 Å². The second-order valence-corrected chi connectivity index (χ2v) is 7.23. The standard InChI is InChI=1S/C13H23N3O2S2/c1-4-7-14-8-12-5-6-13(15-9-12)20(17,18)16-11(2)10-19-3/h5-6,9,11,14,16H,4,7-8,10H2,1-3H3. The Hall–Kier alpha value is -0.630. The maximum atomic E-state index is 12.1. The number of hydrogen-bond donors (Lipinski definition) is 2. The molecule has 0 amide bonds. The molecule has 20 heavy (non-hydrogen) atoms. The smallest absolute Gasteiger partial charge is 0.258 e. The van der Waals surface area contributed by atoms with Crippen molar-refractivity contribution in [3.8, 4) is 0 Å². The van der Waals surface area contributed by atoms with E-state index in [1.54, 1.807) is 30.1 Å². The third kappa shape index (κ3) is 5.78. The van der Waals surface area contributed by atoms with Crippen LogP contribution >= 0.6 is 11.8 Å². The van der Waals surface area contributed by atoms with Crippen LogP contribution in [0.1, 0.15) is 25.8 Å². The van der Waals surface area contributed by atoms with Gasteiger partial charge < -0.3 is 5.32 Å². The van der Waals surface area contributed by atoms with Gasteiger partial charge in [0.05, 0.1) is 0 Å². The Labute approximate surface area is 126 Å². The summed E-state index contributed by atoms with van der Waals surface area (Å²) in [5.74, 6) is 0.734. The molecule has 2 N–H and O–H groups in total. The molecule has 1 rings (SSSR count). The van der Waals surface area contributed by atoms with Crippen molar-refractivity contribution >= 4 is 21.8 Å². The van der Waals surface area contributed by atoms with Crippen LogP contribution in [0.15, 0.2) is 23.4 Å². The summed E-state index contributed by atoms with van der Waals surface area (Å²) in [7, 11) is -3.52.